The van der Waals surface area contributed by atoms with Gasteiger partial charge in [-0.3, -0.25) is 0 Å². The zero-order valence-corrected chi connectivity index (χ0v) is 33.4. The molecule has 0 N–H and O–H groups in total. The topological polar surface area (TPSA) is 13.1 Å². The predicted octanol–water partition coefficient (Wildman–Crippen LogP) is 15.8. The lowest BCUT2D eigenvalue weighted by atomic mass is 9.96. The molecule has 0 bridgehead atoms. The first-order valence-corrected chi connectivity index (χ1v) is 20.9. The summed E-state index contributed by atoms with van der Waals surface area (Å²) in [5.74, 6) is 0. The van der Waals surface area contributed by atoms with Crippen molar-refractivity contribution in [2.24, 2.45) is 0 Å². The van der Waals surface area contributed by atoms with E-state index in [4.69, 9.17) is 0 Å². The molecule has 0 unspecified atom stereocenters. The molecule has 3 nitrogen and oxygen atoms in total. The van der Waals surface area contributed by atoms with Crippen LogP contribution in [0, 0.1) is 0 Å². The lowest BCUT2D eigenvalue weighted by Gasteiger charge is -2.27. The number of rotatable bonds is 7. The monoisotopic (exact) mass is 777 g/mol. The number of para-hydroxylation sites is 4. The molecule has 0 aliphatic heterocycles. The Morgan fingerprint density at radius 1 is 0.262 bits per heavy atom. The average molecular weight is 778 g/mol. The van der Waals surface area contributed by atoms with E-state index in [1.807, 2.05) is 0 Å². The highest BCUT2D eigenvalue weighted by molar-refractivity contribution is 6.11. The third-order valence-corrected chi connectivity index (χ3v) is 12.3. The predicted molar refractivity (Wildman–Crippen MR) is 258 cm³/mol. The van der Waals surface area contributed by atoms with Crippen LogP contribution in [0.3, 0.4) is 0 Å². The molecule has 12 aromatic rings. The van der Waals surface area contributed by atoms with Gasteiger partial charge < -0.3 is 14.0 Å². The molecule has 286 valence electrons. The maximum absolute atomic E-state index is 2.42. The Morgan fingerprint density at radius 2 is 0.754 bits per heavy atom. The van der Waals surface area contributed by atoms with E-state index in [0.29, 0.717) is 0 Å². The molecule has 3 heteroatoms. The third kappa shape index (κ3) is 5.82. The number of fused-ring (bicyclic) bond motifs is 7. The second kappa shape index (κ2) is 14.3. The van der Waals surface area contributed by atoms with Gasteiger partial charge >= 0.3 is 0 Å². The van der Waals surface area contributed by atoms with Gasteiger partial charge in [0.2, 0.25) is 0 Å². The van der Waals surface area contributed by atoms with Crippen LogP contribution in [-0.2, 0) is 0 Å². The highest BCUT2D eigenvalue weighted by Crippen LogP contribution is 2.43. The molecule has 2 aromatic heterocycles. The SMILES string of the molecule is c1ccc(-c2ccc(N(c3cccc(-c4cc(-n5c6ccccc6c6ccccc65)cc5ccccc45)c3)c3ccc4c5ccccc5n(-c5ccccc5)c4c3)cc2)cc1. The smallest absolute Gasteiger partial charge is 0.0561 e. The first kappa shape index (κ1) is 34.9. The molecule has 0 amide bonds. The molecule has 10 aromatic carbocycles. The summed E-state index contributed by atoms with van der Waals surface area (Å²) in [5.41, 5.74) is 15.0. The molecule has 0 radical (unpaired) electrons. The number of hydrogen-bond acceptors (Lipinski definition) is 1. The number of benzene rings is 10. The Hall–Kier alpha value is -8.14. The Morgan fingerprint density at radius 3 is 1.43 bits per heavy atom. The molecule has 0 saturated heterocycles. The summed E-state index contributed by atoms with van der Waals surface area (Å²) in [6.45, 7) is 0. The zero-order chi connectivity index (χ0) is 40.3. The minimum Gasteiger partial charge on any atom is -0.310 e. The van der Waals surface area contributed by atoms with Crippen LogP contribution in [-0.4, -0.2) is 9.13 Å². The number of anilines is 3. The van der Waals surface area contributed by atoms with E-state index in [2.05, 4.69) is 251 Å². The first-order valence-electron chi connectivity index (χ1n) is 20.9. The van der Waals surface area contributed by atoms with E-state index < -0.39 is 0 Å². The van der Waals surface area contributed by atoms with Gasteiger partial charge in [0.25, 0.3) is 0 Å². The van der Waals surface area contributed by atoms with Crippen molar-refractivity contribution in [2.45, 2.75) is 0 Å². The molecular formula is C58H39N3. The molecule has 61 heavy (non-hydrogen) atoms. The van der Waals surface area contributed by atoms with Crippen molar-refractivity contribution < 1.29 is 0 Å². The molecule has 12 rings (SSSR count). The van der Waals surface area contributed by atoms with E-state index in [1.54, 1.807) is 0 Å². The Labute approximate surface area is 354 Å². The molecule has 0 atom stereocenters. The lowest BCUT2D eigenvalue weighted by Crippen LogP contribution is -2.10. The highest BCUT2D eigenvalue weighted by atomic mass is 15.1. The second-order valence-electron chi connectivity index (χ2n) is 15.8. The highest BCUT2D eigenvalue weighted by Gasteiger charge is 2.20. The van der Waals surface area contributed by atoms with Gasteiger partial charge in [-0.2, -0.15) is 0 Å². The minimum absolute atomic E-state index is 1.08. The number of nitrogens with zero attached hydrogens (tertiary/aromatic N) is 3. The average Bonchev–Trinajstić information content (AvgIpc) is 3.85. The molecule has 0 aliphatic carbocycles. The van der Waals surface area contributed by atoms with E-state index in [-0.39, 0.29) is 0 Å². The largest absolute Gasteiger partial charge is 0.310 e. The normalized spacial score (nSPS) is 11.6. The zero-order valence-electron chi connectivity index (χ0n) is 33.4. The molecule has 0 spiro atoms. The van der Waals surface area contributed by atoms with Crippen LogP contribution in [0.2, 0.25) is 0 Å². The van der Waals surface area contributed by atoms with E-state index in [9.17, 15) is 0 Å². The van der Waals surface area contributed by atoms with Crippen LogP contribution in [0.4, 0.5) is 17.1 Å². The van der Waals surface area contributed by atoms with Gasteiger partial charge in [-0.1, -0.05) is 158 Å². The van der Waals surface area contributed by atoms with Crippen molar-refractivity contribution >= 4 is 71.4 Å². The van der Waals surface area contributed by atoms with Crippen molar-refractivity contribution in [1.29, 1.82) is 0 Å². The van der Waals surface area contributed by atoms with Crippen molar-refractivity contribution in [3.05, 3.63) is 237 Å². The van der Waals surface area contributed by atoms with Crippen molar-refractivity contribution in [2.75, 3.05) is 4.90 Å². The van der Waals surface area contributed by atoms with Gasteiger partial charge in [-0.25, -0.2) is 0 Å². The number of hydrogen-bond donors (Lipinski definition) is 0. The van der Waals surface area contributed by atoms with Crippen LogP contribution in [0.5, 0.6) is 0 Å². The fourth-order valence-corrected chi connectivity index (χ4v) is 9.51. The van der Waals surface area contributed by atoms with Crippen LogP contribution < -0.4 is 4.90 Å². The van der Waals surface area contributed by atoms with Gasteiger partial charge in [0, 0.05) is 50.0 Å². The summed E-state index contributed by atoms with van der Waals surface area (Å²) >= 11 is 0. The third-order valence-electron chi connectivity index (χ3n) is 12.3. The van der Waals surface area contributed by atoms with Crippen LogP contribution in [0.25, 0.3) is 88.0 Å². The standard InChI is InChI=1S/C58H39N3/c1-3-16-40(17-4-1)41-30-32-45(33-31-41)59(47-34-35-53-52-26-11-12-27-55(52)60(58(53)39-47)44-20-5-2-6-21-44)46-22-15-19-43(36-46)54-38-48(37-42-18-7-8-23-49(42)54)61-56-28-13-9-24-50(56)51-25-10-14-29-57(51)61/h1-39H. The van der Waals surface area contributed by atoms with Crippen LogP contribution >= 0.6 is 0 Å². The van der Waals surface area contributed by atoms with Crippen molar-refractivity contribution in [3.8, 4) is 33.6 Å². The Kier molecular flexibility index (Phi) is 8.17. The summed E-state index contributed by atoms with van der Waals surface area (Å²) in [7, 11) is 0. The van der Waals surface area contributed by atoms with Gasteiger partial charge in [0.15, 0.2) is 0 Å². The maximum atomic E-state index is 2.42. The molecule has 0 aliphatic rings. The molecular weight excluding hydrogens is 739 g/mol. The summed E-state index contributed by atoms with van der Waals surface area (Å²) < 4.78 is 4.82. The lowest BCUT2D eigenvalue weighted by molar-refractivity contribution is 1.18. The summed E-state index contributed by atoms with van der Waals surface area (Å²) in [4.78, 5) is 2.41. The Balaban J connectivity index is 1.07. The summed E-state index contributed by atoms with van der Waals surface area (Å²) in [6.07, 6.45) is 0. The van der Waals surface area contributed by atoms with E-state index in [0.717, 1.165) is 39.5 Å². The van der Waals surface area contributed by atoms with Crippen LogP contribution in [0.15, 0.2) is 237 Å². The quantitative estimate of drug-likeness (QED) is 0.157. The van der Waals surface area contributed by atoms with Crippen molar-refractivity contribution in [3.63, 3.8) is 0 Å². The van der Waals surface area contributed by atoms with Crippen LogP contribution in [0.1, 0.15) is 0 Å². The van der Waals surface area contributed by atoms with Gasteiger partial charge in [0.1, 0.15) is 0 Å². The van der Waals surface area contributed by atoms with Gasteiger partial charge in [-0.15, -0.1) is 0 Å². The van der Waals surface area contributed by atoms with Gasteiger partial charge in [0.05, 0.1) is 22.1 Å². The fraction of sp³-hybridized carbons (Fsp3) is 0. The van der Waals surface area contributed by atoms with E-state index in [1.165, 1.54) is 65.6 Å². The first-order chi connectivity index (χ1) is 30.3. The summed E-state index contributed by atoms with van der Waals surface area (Å²) in [5, 5.41) is 7.40. The minimum atomic E-state index is 1.08. The molecule has 2 heterocycles. The Bertz CT molecular complexity index is 3530. The molecule has 0 saturated carbocycles. The molecule has 0 fully saturated rings. The number of aromatic nitrogens is 2. The van der Waals surface area contributed by atoms with E-state index >= 15 is 0 Å². The van der Waals surface area contributed by atoms with Crippen molar-refractivity contribution in [1.82, 2.24) is 9.13 Å². The second-order valence-corrected chi connectivity index (χ2v) is 15.8. The maximum Gasteiger partial charge on any atom is 0.0561 e. The fourth-order valence-electron chi connectivity index (χ4n) is 9.51. The summed E-state index contributed by atoms with van der Waals surface area (Å²) in [6, 6.07) is 86.0. The van der Waals surface area contributed by atoms with Gasteiger partial charge in [-0.05, 0) is 112 Å².